The van der Waals surface area contributed by atoms with Crippen molar-refractivity contribution in [3.63, 3.8) is 0 Å². The zero-order chi connectivity index (χ0) is 17.5. The van der Waals surface area contributed by atoms with E-state index in [-0.39, 0.29) is 29.2 Å². The minimum absolute atomic E-state index is 0.0103. The maximum absolute atomic E-state index is 12.5. The standard InChI is InChI=1S/C17H18ClNO4S/c1-11-3-4-12(9-14(11)18)15-5-6-16(23-15)17(20)19(2)13-7-8-24(21,22)10-13/h3-6,9,13H,7-8,10H2,1-2H3. The summed E-state index contributed by atoms with van der Waals surface area (Å²) in [6.45, 7) is 1.91. The first-order valence-electron chi connectivity index (χ1n) is 7.61. The van der Waals surface area contributed by atoms with Gasteiger partial charge in [-0.3, -0.25) is 4.79 Å². The molecule has 0 radical (unpaired) electrons. The fourth-order valence-corrected chi connectivity index (χ4v) is 4.73. The molecule has 0 saturated carbocycles. The molecule has 1 aromatic carbocycles. The van der Waals surface area contributed by atoms with Crippen LogP contribution in [0.2, 0.25) is 5.02 Å². The number of halogens is 1. The SMILES string of the molecule is Cc1ccc(-c2ccc(C(=O)N(C)C3CCS(=O)(=O)C3)o2)cc1Cl. The van der Waals surface area contributed by atoms with Crippen molar-refractivity contribution in [3.05, 3.63) is 46.7 Å². The fourth-order valence-electron chi connectivity index (χ4n) is 2.77. The Morgan fingerprint density at radius 2 is 2.04 bits per heavy atom. The molecule has 1 atom stereocenters. The Morgan fingerprint density at radius 3 is 2.67 bits per heavy atom. The van der Waals surface area contributed by atoms with Crippen LogP contribution in [0.15, 0.2) is 34.7 Å². The van der Waals surface area contributed by atoms with Gasteiger partial charge in [0.05, 0.1) is 11.5 Å². The monoisotopic (exact) mass is 367 g/mol. The number of benzene rings is 1. The van der Waals surface area contributed by atoms with Crippen molar-refractivity contribution in [2.75, 3.05) is 18.6 Å². The van der Waals surface area contributed by atoms with Gasteiger partial charge in [0.25, 0.3) is 5.91 Å². The molecule has 0 bridgehead atoms. The average molecular weight is 368 g/mol. The number of amides is 1. The van der Waals surface area contributed by atoms with Gasteiger partial charge < -0.3 is 9.32 Å². The van der Waals surface area contributed by atoms with Gasteiger partial charge in [0.1, 0.15) is 5.76 Å². The second kappa shape index (κ2) is 6.26. The van der Waals surface area contributed by atoms with E-state index >= 15 is 0 Å². The van der Waals surface area contributed by atoms with Crippen molar-refractivity contribution in [1.29, 1.82) is 0 Å². The van der Waals surface area contributed by atoms with Gasteiger partial charge in [-0.25, -0.2) is 8.42 Å². The molecule has 0 aliphatic carbocycles. The van der Waals surface area contributed by atoms with E-state index in [0.29, 0.717) is 17.2 Å². The number of hydrogen-bond acceptors (Lipinski definition) is 4. The van der Waals surface area contributed by atoms with Gasteiger partial charge in [-0.1, -0.05) is 23.7 Å². The van der Waals surface area contributed by atoms with E-state index < -0.39 is 9.84 Å². The third-order valence-electron chi connectivity index (χ3n) is 4.35. The first kappa shape index (κ1) is 17.0. The largest absolute Gasteiger partial charge is 0.451 e. The highest BCUT2D eigenvalue weighted by Gasteiger charge is 2.33. The fraction of sp³-hybridized carbons (Fsp3) is 0.353. The third-order valence-corrected chi connectivity index (χ3v) is 6.51. The molecule has 24 heavy (non-hydrogen) atoms. The molecule has 1 fully saturated rings. The smallest absolute Gasteiger partial charge is 0.289 e. The van der Waals surface area contributed by atoms with E-state index in [9.17, 15) is 13.2 Å². The zero-order valence-electron chi connectivity index (χ0n) is 13.5. The Kier molecular flexibility index (Phi) is 4.44. The number of rotatable bonds is 3. The summed E-state index contributed by atoms with van der Waals surface area (Å²) < 4.78 is 28.8. The van der Waals surface area contributed by atoms with Crippen LogP contribution in [0.5, 0.6) is 0 Å². The van der Waals surface area contributed by atoms with Crippen LogP contribution < -0.4 is 0 Å². The van der Waals surface area contributed by atoms with Crippen LogP contribution in [-0.4, -0.2) is 43.8 Å². The third kappa shape index (κ3) is 3.35. The lowest BCUT2D eigenvalue weighted by Crippen LogP contribution is -2.37. The Bertz CT molecular complexity index is 888. The van der Waals surface area contributed by atoms with Gasteiger partial charge in [-0.2, -0.15) is 0 Å². The lowest BCUT2D eigenvalue weighted by molar-refractivity contribution is 0.0716. The van der Waals surface area contributed by atoms with Crippen LogP contribution >= 0.6 is 11.6 Å². The highest BCUT2D eigenvalue weighted by atomic mass is 35.5. The van der Waals surface area contributed by atoms with Crippen molar-refractivity contribution >= 4 is 27.3 Å². The number of carbonyl (C=O) groups excluding carboxylic acids is 1. The quantitative estimate of drug-likeness (QED) is 0.835. The Hall–Kier alpha value is -1.79. The minimum atomic E-state index is -3.04. The molecule has 2 aromatic rings. The number of hydrogen-bond donors (Lipinski definition) is 0. The van der Waals surface area contributed by atoms with Crippen LogP contribution in [0.4, 0.5) is 0 Å². The first-order valence-corrected chi connectivity index (χ1v) is 9.81. The highest BCUT2D eigenvalue weighted by molar-refractivity contribution is 7.91. The molecule has 1 aliphatic heterocycles. The van der Waals surface area contributed by atoms with Crippen molar-refractivity contribution in [1.82, 2.24) is 4.90 Å². The summed E-state index contributed by atoms with van der Waals surface area (Å²) in [6.07, 6.45) is 0.464. The summed E-state index contributed by atoms with van der Waals surface area (Å²) >= 11 is 6.12. The second-order valence-electron chi connectivity index (χ2n) is 6.10. The molecular formula is C17H18ClNO4S. The predicted molar refractivity (Wildman–Crippen MR) is 93.0 cm³/mol. The molecule has 1 unspecified atom stereocenters. The zero-order valence-corrected chi connectivity index (χ0v) is 15.0. The molecule has 7 heteroatoms. The van der Waals surface area contributed by atoms with E-state index in [1.807, 2.05) is 19.1 Å². The lowest BCUT2D eigenvalue weighted by Gasteiger charge is -2.22. The predicted octanol–water partition coefficient (Wildman–Crippen LogP) is 3.17. The summed E-state index contributed by atoms with van der Waals surface area (Å²) in [5, 5.41) is 0.630. The normalized spacial score (nSPS) is 19.4. The molecule has 2 heterocycles. The summed E-state index contributed by atoms with van der Waals surface area (Å²) in [4.78, 5) is 14.0. The van der Waals surface area contributed by atoms with E-state index in [1.54, 1.807) is 25.2 Å². The van der Waals surface area contributed by atoms with Crippen LogP contribution in [-0.2, 0) is 9.84 Å². The van der Waals surface area contributed by atoms with Gasteiger partial charge in [0.15, 0.2) is 15.6 Å². The van der Waals surface area contributed by atoms with Crippen molar-refractivity contribution in [3.8, 4) is 11.3 Å². The topological polar surface area (TPSA) is 67.6 Å². The van der Waals surface area contributed by atoms with Crippen LogP contribution in [0.3, 0.4) is 0 Å². The Labute approximate surface area is 146 Å². The number of sulfone groups is 1. The summed E-state index contributed by atoms with van der Waals surface area (Å²) in [5.74, 6) is 0.555. The average Bonchev–Trinajstić information content (AvgIpc) is 3.15. The lowest BCUT2D eigenvalue weighted by atomic mass is 10.1. The van der Waals surface area contributed by atoms with E-state index in [2.05, 4.69) is 0 Å². The van der Waals surface area contributed by atoms with Gasteiger partial charge in [0.2, 0.25) is 0 Å². The maximum atomic E-state index is 12.5. The van der Waals surface area contributed by atoms with Gasteiger partial charge >= 0.3 is 0 Å². The second-order valence-corrected chi connectivity index (χ2v) is 8.74. The van der Waals surface area contributed by atoms with Gasteiger partial charge in [-0.05, 0) is 37.1 Å². The molecule has 128 valence electrons. The van der Waals surface area contributed by atoms with Crippen LogP contribution in [0.1, 0.15) is 22.5 Å². The molecule has 1 amide bonds. The molecule has 1 aromatic heterocycles. The van der Waals surface area contributed by atoms with E-state index in [0.717, 1.165) is 11.1 Å². The number of carbonyl (C=O) groups is 1. The first-order chi connectivity index (χ1) is 11.3. The van der Waals surface area contributed by atoms with Gasteiger partial charge in [-0.15, -0.1) is 0 Å². The van der Waals surface area contributed by atoms with Crippen LogP contribution in [0, 0.1) is 6.92 Å². The molecule has 3 rings (SSSR count). The van der Waals surface area contributed by atoms with Crippen LogP contribution in [0.25, 0.3) is 11.3 Å². The summed E-state index contributed by atoms with van der Waals surface area (Å²) in [7, 11) is -1.43. The van der Waals surface area contributed by atoms with Crippen molar-refractivity contribution in [2.45, 2.75) is 19.4 Å². The Balaban J connectivity index is 1.79. The molecule has 1 aliphatic rings. The molecule has 5 nitrogen and oxygen atoms in total. The number of furan rings is 1. The number of nitrogens with zero attached hydrogens (tertiary/aromatic N) is 1. The molecule has 0 spiro atoms. The highest BCUT2D eigenvalue weighted by Crippen LogP contribution is 2.28. The summed E-state index contributed by atoms with van der Waals surface area (Å²) in [5.41, 5.74) is 1.75. The molecule has 1 saturated heterocycles. The number of aryl methyl sites for hydroxylation is 1. The maximum Gasteiger partial charge on any atom is 0.289 e. The van der Waals surface area contributed by atoms with Crippen molar-refractivity contribution < 1.29 is 17.6 Å². The summed E-state index contributed by atoms with van der Waals surface area (Å²) in [6, 6.07) is 8.57. The van der Waals surface area contributed by atoms with E-state index in [4.69, 9.17) is 16.0 Å². The molecule has 0 N–H and O–H groups in total. The molecular weight excluding hydrogens is 350 g/mol. The Morgan fingerprint density at radius 1 is 1.29 bits per heavy atom. The van der Waals surface area contributed by atoms with Gasteiger partial charge in [0, 0.05) is 23.7 Å². The van der Waals surface area contributed by atoms with Crippen molar-refractivity contribution in [2.24, 2.45) is 0 Å². The minimum Gasteiger partial charge on any atom is -0.451 e. The van der Waals surface area contributed by atoms with E-state index in [1.165, 1.54) is 4.90 Å².